The molecule has 2 nitrogen and oxygen atoms in total. The van der Waals surface area contributed by atoms with Gasteiger partial charge in [0.2, 0.25) is 0 Å². The molecule has 22 heavy (non-hydrogen) atoms. The van der Waals surface area contributed by atoms with E-state index in [0.29, 0.717) is 48.7 Å². The zero-order valence-corrected chi connectivity index (χ0v) is 13.7. The van der Waals surface area contributed by atoms with E-state index >= 15 is 0 Å². The number of rotatable bonds is 0. The monoisotopic (exact) mass is 306 g/mol. The largest absolute Gasteiger partial charge is 0.390 e. The summed E-state index contributed by atoms with van der Waals surface area (Å²) in [6.45, 7) is 3.97. The minimum atomic E-state index is -0.734. The molecule has 3 fully saturated rings. The number of aliphatic hydroxyl groups is 1. The number of fused-ring (bicyclic) bond motifs is 5. The number of carbonyl (C=O) groups is 1. The lowest BCUT2D eigenvalue weighted by Crippen LogP contribution is -2.48. The van der Waals surface area contributed by atoms with Gasteiger partial charge in [-0.2, -0.15) is 0 Å². The van der Waals surface area contributed by atoms with Gasteiger partial charge >= 0.3 is 0 Å². The molecule has 122 valence electrons. The van der Waals surface area contributed by atoms with E-state index in [2.05, 4.69) is 6.92 Å². The van der Waals surface area contributed by atoms with Crippen LogP contribution in [0.1, 0.15) is 65.2 Å². The minimum Gasteiger partial charge on any atom is -0.390 e. The number of allylic oxidation sites excluding steroid dienone is 1. The van der Waals surface area contributed by atoms with Gasteiger partial charge in [0.15, 0.2) is 0 Å². The van der Waals surface area contributed by atoms with E-state index in [1.807, 2.05) is 6.92 Å². The first-order valence-electron chi connectivity index (χ1n) is 8.95. The second kappa shape index (κ2) is 4.66. The van der Waals surface area contributed by atoms with Gasteiger partial charge in [-0.1, -0.05) is 6.92 Å². The van der Waals surface area contributed by atoms with Gasteiger partial charge in [-0.25, -0.2) is 4.39 Å². The molecule has 1 N–H and O–H groups in total. The summed E-state index contributed by atoms with van der Waals surface area (Å²) >= 11 is 0. The van der Waals surface area contributed by atoms with E-state index in [1.54, 1.807) is 0 Å². The molecule has 0 spiro atoms. The predicted molar refractivity (Wildman–Crippen MR) is 82.8 cm³/mol. The highest BCUT2D eigenvalue weighted by molar-refractivity contribution is 5.87. The van der Waals surface area contributed by atoms with Crippen molar-refractivity contribution in [3.05, 3.63) is 11.4 Å². The Morgan fingerprint density at radius 1 is 1.14 bits per heavy atom. The first-order chi connectivity index (χ1) is 10.3. The van der Waals surface area contributed by atoms with Gasteiger partial charge < -0.3 is 5.11 Å². The van der Waals surface area contributed by atoms with Crippen molar-refractivity contribution in [1.82, 2.24) is 0 Å². The molecule has 4 rings (SSSR count). The highest BCUT2D eigenvalue weighted by Gasteiger charge is 2.57. The van der Waals surface area contributed by atoms with Gasteiger partial charge in [0, 0.05) is 18.3 Å². The van der Waals surface area contributed by atoms with Crippen LogP contribution in [-0.2, 0) is 4.79 Å². The molecule has 0 heterocycles. The zero-order chi connectivity index (χ0) is 15.7. The lowest BCUT2D eigenvalue weighted by atomic mass is 9.52. The smallest absolute Gasteiger partial charge is 0.139 e. The fourth-order valence-electron chi connectivity index (χ4n) is 6.26. The van der Waals surface area contributed by atoms with Gasteiger partial charge in [0.05, 0.1) is 11.4 Å². The number of carbonyl (C=O) groups excluding carboxylic acids is 1. The normalized spacial score (nSPS) is 51.4. The standard InChI is InChI=1S/C19H27FO2/c1-18(22)7-5-12-11-6-8-19(2)15(3-4-17(19)21)13(11)9-16(20)14(12)10-18/h11-13,15,22H,3-10H2,1-2H3. The van der Waals surface area contributed by atoms with Crippen molar-refractivity contribution in [2.45, 2.75) is 70.8 Å². The van der Waals surface area contributed by atoms with Crippen molar-refractivity contribution in [3.8, 4) is 0 Å². The molecular formula is C19H27FO2. The Morgan fingerprint density at radius 3 is 2.68 bits per heavy atom. The first kappa shape index (κ1) is 14.9. The maximum Gasteiger partial charge on any atom is 0.139 e. The van der Waals surface area contributed by atoms with E-state index < -0.39 is 5.60 Å². The molecular weight excluding hydrogens is 279 g/mol. The van der Waals surface area contributed by atoms with Crippen LogP contribution in [0.15, 0.2) is 11.4 Å². The molecule has 0 amide bonds. The predicted octanol–water partition coefficient (Wildman–Crippen LogP) is 4.18. The van der Waals surface area contributed by atoms with Gasteiger partial charge in [-0.15, -0.1) is 0 Å². The van der Waals surface area contributed by atoms with Crippen molar-refractivity contribution in [2.24, 2.45) is 29.1 Å². The van der Waals surface area contributed by atoms with E-state index in [9.17, 15) is 14.3 Å². The molecule has 6 atom stereocenters. The second-order valence-electron chi connectivity index (χ2n) is 8.81. The highest BCUT2D eigenvalue weighted by atomic mass is 19.1. The van der Waals surface area contributed by atoms with E-state index in [4.69, 9.17) is 0 Å². The maximum atomic E-state index is 14.8. The SMILES string of the molecule is CC1(O)CCC2C(=C(F)CC3C2CCC2(C)C(=O)CCC32)C1. The maximum absolute atomic E-state index is 14.8. The lowest BCUT2D eigenvalue weighted by Gasteiger charge is -2.52. The molecule has 3 heteroatoms. The molecule has 4 aliphatic rings. The summed E-state index contributed by atoms with van der Waals surface area (Å²) < 4.78 is 14.8. The Labute approximate surface area is 132 Å². The third kappa shape index (κ3) is 1.97. The summed E-state index contributed by atoms with van der Waals surface area (Å²) in [5.41, 5.74) is -0.00725. The van der Waals surface area contributed by atoms with Crippen molar-refractivity contribution < 1.29 is 14.3 Å². The summed E-state index contributed by atoms with van der Waals surface area (Å²) in [5.74, 6) is 2.04. The highest BCUT2D eigenvalue weighted by Crippen LogP contribution is 2.61. The number of ketones is 1. The van der Waals surface area contributed by atoms with Crippen LogP contribution < -0.4 is 0 Å². The summed E-state index contributed by atoms with van der Waals surface area (Å²) in [5, 5.41) is 10.3. The average Bonchev–Trinajstić information content (AvgIpc) is 2.75. The van der Waals surface area contributed by atoms with Crippen LogP contribution in [0.5, 0.6) is 0 Å². The molecule has 0 radical (unpaired) electrons. The first-order valence-corrected chi connectivity index (χ1v) is 8.95. The van der Waals surface area contributed by atoms with Gasteiger partial charge in [-0.3, -0.25) is 4.79 Å². The van der Waals surface area contributed by atoms with E-state index in [-0.39, 0.29) is 11.2 Å². The summed E-state index contributed by atoms with van der Waals surface area (Å²) in [4.78, 5) is 12.3. The Morgan fingerprint density at radius 2 is 1.91 bits per heavy atom. The molecule has 4 aliphatic carbocycles. The summed E-state index contributed by atoms with van der Waals surface area (Å²) in [6.07, 6.45) is 6.42. The quantitative estimate of drug-likeness (QED) is 0.729. The minimum absolute atomic E-state index is 0.0369. The van der Waals surface area contributed by atoms with Crippen LogP contribution in [-0.4, -0.2) is 16.5 Å². The van der Waals surface area contributed by atoms with Crippen LogP contribution in [0.4, 0.5) is 4.39 Å². The number of halogens is 1. The third-order valence-electron chi connectivity index (χ3n) is 7.49. The third-order valence-corrected chi connectivity index (χ3v) is 7.49. The Kier molecular flexibility index (Phi) is 3.15. The average molecular weight is 306 g/mol. The fourth-order valence-corrected chi connectivity index (χ4v) is 6.26. The van der Waals surface area contributed by atoms with Gasteiger partial charge in [0.25, 0.3) is 0 Å². The molecule has 6 unspecified atom stereocenters. The molecule has 0 aromatic carbocycles. The number of hydrogen-bond acceptors (Lipinski definition) is 2. The molecule has 0 aliphatic heterocycles. The Bertz CT molecular complexity index is 550. The van der Waals surface area contributed by atoms with Gasteiger partial charge in [-0.05, 0) is 74.7 Å². The lowest BCUT2D eigenvalue weighted by molar-refractivity contribution is -0.131. The van der Waals surface area contributed by atoms with E-state index in [0.717, 1.165) is 37.7 Å². The van der Waals surface area contributed by atoms with Crippen LogP contribution in [0.2, 0.25) is 0 Å². The molecule has 0 aromatic rings. The van der Waals surface area contributed by atoms with Crippen LogP contribution in [0.25, 0.3) is 0 Å². The van der Waals surface area contributed by atoms with Gasteiger partial charge in [0.1, 0.15) is 5.78 Å². The van der Waals surface area contributed by atoms with Crippen LogP contribution in [0.3, 0.4) is 0 Å². The Balaban J connectivity index is 1.68. The number of hydrogen-bond donors (Lipinski definition) is 1. The van der Waals surface area contributed by atoms with Crippen LogP contribution >= 0.6 is 0 Å². The van der Waals surface area contributed by atoms with Crippen molar-refractivity contribution in [3.63, 3.8) is 0 Å². The molecule has 0 bridgehead atoms. The molecule has 0 aromatic heterocycles. The topological polar surface area (TPSA) is 37.3 Å². The molecule has 0 saturated heterocycles. The van der Waals surface area contributed by atoms with Crippen molar-refractivity contribution >= 4 is 5.78 Å². The summed E-state index contributed by atoms with van der Waals surface area (Å²) in [7, 11) is 0. The molecule has 3 saturated carbocycles. The summed E-state index contributed by atoms with van der Waals surface area (Å²) in [6, 6.07) is 0. The number of Topliss-reactive ketones (excluding diaryl/α,β-unsaturated/α-hetero) is 1. The fraction of sp³-hybridized carbons (Fsp3) is 0.842. The zero-order valence-electron chi connectivity index (χ0n) is 13.7. The van der Waals surface area contributed by atoms with E-state index in [1.165, 1.54) is 0 Å². The second-order valence-corrected chi connectivity index (χ2v) is 8.81. The Hall–Kier alpha value is -0.700. The van der Waals surface area contributed by atoms with Crippen molar-refractivity contribution in [2.75, 3.05) is 0 Å². The van der Waals surface area contributed by atoms with Crippen molar-refractivity contribution in [1.29, 1.82) is 0 Å². The van der Waals surface area contributed by atoms with Crippen LogP contribution in [0, 0.1) is 29.1 Å².